The van der Waals surface area contributed by atoms with E-state index in [2.05, 4.69) is 10.4 Å². The number of benzene rings is 3. The van der Waals surface area contributed by atoms with Crippen molar-refractivity contribution in [2.24, 2.45) is 5.84 Å². The minimum Gasteiger partial charge on any atom is -0.323 e. The van der Waals surface area contributed by atoms with Crippen LogP contribution >= 0.6 is 0 Å². The lowest BCUT2D eigenvalue weighted by Gasteiger charge is -2.17. The summed E-state index contributed by atoms with van der Waals surface area (Å²) in [6.45, 7) is 0. The molecule has 0 radical (unpaired) electrons. The number of carbonyl (C=O) groups excluding carboxylic acids is 1. The van der Waals surface area contributed by atoms with Gasteiger partial charge in [0.15, 0.2) is 6.29 Å². The Morgan fingerprint density at radius 3 is 2.52 bits per heavy atom. The summed E-state index contributed by atoms with van der Waals surface area (Å²) in [5.41, 5.74) is 5.03. The van der Waals surface area contributed by atoms with Crippen LogP contribution in [0.1, 0.15) is 10.4 Å². The lowest BCUT2D eigenvalue weighted by molar-refractivity contribution is 0.112. The molecule has 112 valence electrons. The number of fused-ring (bicyclic) bond motifs is 2. The molecule has 0 atom stereocenters. The van der Waals surface area contributed by atoms with Crippen molar-refractivity contribution in [1.29, 1.82) is 0 Å². The number of hydrogen-bond acceptors (Lipinski definition) is 4. The molecule has 0 fully saturated rings. The van der Waals surface area contributed by atoms with E-state index in [4.69, 9.17) is 5.84 Å². The van der Waals surface area contributed by atoms with Gasteiger partial charge in [-0.1, -0.05) is 36.4 Å². The molecule has 5 nitrogen and oxygen atoms in total. The quantitative estimate of drug-likeness (QED) is 0.264. The zero-order valence-corrected chi connectivity index (χ0v) is 12.2. The maximum Gasteiger partial charge on any atom is 0.151 e. The van der Waals surface area contributed by atoms with Gasteiger partial charge in [0.2, 0.25) is 0 Å². The largest absolute Gasteiger partial charge is 0.323 e. The highest BCUT2D eigenvalue weighted by Gasteiger charge is 2.16. The molecule has 0 saturated heterocycles. The number of anilines is 1. The van der Waals surface area contributed by atoms with Crippen molar-refractivity contribution in [3.8, 4) is 5.69 Å². The summed E-state index contributed by atoms with van der Waals surface area (Å²) in [4.78, 5) is 16.0. The molecule has 23 heavy (non-hydrogen) atoms. The average Bonchev–Trinajstić information content (AvgIpc) is 3.13. The molecular weight excluding hydrogens is 288 g/mol. The van der Waals surface area contributed by atoms with E-state index in [-0.39, 0.29) is 0 Å². The first kappa shape index (κ1) is 13.5. The second-order valence-corrected chi connectivity index (χ2v) is 5.27. The van der Waals surface area contributed by atoms with Crippen LogP contribution in [-0.2, 0) is 0 Å². The number of nitrogens with two attached hydrogens (primary N) is 1. The van der Waals surface area contributed by atoms with E-state index in [1.807, 2.05) is 53.2 Å². The molecule has 0 aliphatic heterocycles. The van der Waals surface area contributed by atoms with Crippen LogP contribution in [0.25, 0.3) is 27.2 Å². The number of hydrogen-bond donors (Lipinski definition) is 2. The Labute approximate surface area is 132 Å². The smallest absolute Gasteiger partial charge is 0.151 e. The highest BCUT2D eigenvalue weighted by atomic mass is 16.1. The van der Waals surface area contributed by atoms with Crippen LogP contribution in [0.2, 0.25) is 0 Å². The molecule has 4 aromatic rings. The lowest BCUT2D eigenvalue weighted by Crippen LogP contribution is -2.08. The first-order chi connectivity index (χ1) is 11.3. The van der Waals surface area contributed by atoms with Crippen molar-refractivity contribution in [2.45, 2.75) is 0 Å². The van der Waals surface area contributed by atoms with E-state index in [1.54, 1.807) is 12.5 Å². The van der Waals surface area contributed by atoms with E-state index in [0.29, 0.717) is 5.56 Å². The fourth-order valence-electron chi connectivity index (χ4n) is 3.16. The van der Waals surface area contributed by atoms with Crippen LogP contribution in [0, 0.1) is 0 Å². The Morgan fingerprint density at radius 2 is 1.83 bits per heavy atom. The van der Waals surface area contributed by atoms with Gasteiger partial charge in [-0.25, -0.2) is 4.98 Å². The number of nitrogens with one attached hydrogen (secondary N) is 1. The Hall–Kier alpha value is -3.18. The predicted octanol–water partition coefficient (Wildman–Crippen LogP) is 3.28. The van der Waals surface area contributed by atoms with Crippen LogP contribution in [0.5, 0.6) is 0 Å². The van der Waals surface area contributed by atoms with Crippen molar-refractivity contribution >= 4 is 33.5 Å². The first-order valence-corrected chi connectivity index (χ1v) is 7.22. The Morgan fingerprint density at radius 1 is 1.04 bits per heavy atom. The molecular formula is C18H14N4O. The number of carbonyl (C=O) groups is 1. The third-order valence-corrected chi connectivity index (χ3v) is 4.10. The number of aromatic nitrogens is 2. The molecule has 0 aliphatic rings. The number of nitrogens with zero attached hydrogens (tertiary/aromatic N) is 2. The summed E-state index contributed by atoms with van der Waals surface area (Å²) < 4.78 is 1.96. The monoisotopic (exact) mass is 302 g/mol. The zero-order valence-electron chi connectivity index (χ0n) is 12.2. The molecule has 1 heterocycles. The predicted molar refractivity (Wildman–Crippen MR) is 91.8 cm³/mol. The van der Waals surface area contributed by atoms with Crippen molar-refractivity contribution in [3.05, 3.63) is 66.7 Å². The second kappa shape index (κ2) is 5.23. The Kier molecular flexibility index (Phi) is 3.06. The van der Waals surface area contributed by atoms with Gasteiger partial charge in [-0.3, -0.25) is 10.6 Å². The first-order valence-electron chi connectivity index (χ1n) is 7.22. The fraction of sp³-hybridized carbons (Fsp3) is 0. The highest BCUT2D eigenvalue weighted by Crippen LogP contribution is 2.37. The number of aldehydes is 1. The normalized spacial score (nSPS) is 11.0. The number of imidazole rings is 1. The van der Waals surface area contributed by atoms with E-state index >= 15 is 0 Å². The summed E-state index contributed by atoms with van der Waals surface area (Å²) in [6, 6.07) is 13.6. The van der Waals surface area contributed by atoms with Gasteiger partial charge in [0, 0.05) is 34.1 Å². The maximum atomic E-state index is 11.8. The van der Waals surface area contributed by atoms with Crippen LogP contribution in [-0.4, -0.2) is 15.8 Å². The van der Waals surface area contributed by atoms with Crippen molar-refractivity contribution in [3.63, 3.8) is 0 Å². The standard InChI is InChI=1S/C18H14N4O/c19-21-16-7-3-6-14-17(16)15(10-23)12-4-1-2-5-13(12)18(14)22-9-8-20-11-22/h1-11,21H,19H2. The summed E-state index contributed by atoms with van der Waals surface area (Å²) >= 11 is 0. The van der Waals surface area contributed by atoms with Gasteiger partial charge in [-0.2, -0.15) is 0 Å². The van der Waals surface area contributed by atoms with Crippen molar-refractivity contribution in [1.82, 2.24) is 9.55 Å². The van der Waals surface area contributed by atoms with Crippen LogP contribution in [0.4, 0.5) is 5.69 Å². The van der Waals surface area contributed by atoms with Gasteiger partial charge < -0.3 is 9.99 Å². The Bertz CT molecular complexity index is 1020. The molecule has 1 aromatic heterocycles. The van der Waals surface area contributed by atoms with Gasteiger partial charge in [-0.05, 0) is 11.5 Å². The number of rotatable bonds is 3. The highest BCUT2D eigenvalue weighted by molar-refractivity contribution is 6.20. The third-order valence-electron chi connectivity index (χ3n) is 4.10. The average molecular weight is 302 g/mol. The SMILES string of the molecule is NNc1cccc2c(-n3ccnc3)c3ccccc3c(C=O)c12. The number of hydrazine groups is 1. The molecule has 4 rings (SSSR count). The third kappa shape index (κ3) is 1.91. The van der Waals surface area contributed by atoms with Crippen LogP contribution in [0.15, 0.2) is 61.2 Å². The van der Waals surface area contributed by atoms with E-state index in [9.17, 15) is 4.79 Å². The minimum atomic E-state index is 0.632. The fourth-order valence-corrected chi connectivity index (χ4v) is 3.16. The zero-order chi connectivity index (χ0) is 15.8. The molecule has 0 bridgehead atoms. The van der Waals surface area contributed by atoms with Gasteiger partial charge >= 0.3 is 0 Å². The molecule has 3 aromatic carbocycles. The second-order valence-electron chi connectivity index (χ2n) is 5.27. The summed E-state index contributed by atoms with van der Waals surface area (Å²) in [5.74, 6) is 5.67. The van der Waals surface area contributed by atoms with Gasteiger partial charge in [0.1, 0.15) is 0 Å². The van der Waals surface area contributed by atoms with Crippen molar-refractivity contribution in [2.75, 3.05) is 5.43 Å². The molecule has 0 unspecified atom stereocenters. The molecule has 0 spiro atoms. The number of nitrogen functional groups attached to an aromatic ring is 1. The maximum absolute atomic E-state index is 11.8. The van der Waals surface area contributed by atoms with Gasteiger partial charge in [0.25, 0.3) is 0 Å². The molecule has 3 N–H and O–H groups in total. The lowest BCUT2D eigenvalue weighted by atomic mass is 9.94. The topological polar surface area (TPSA) is 72.9 Å². The molecule has 0 saturated carbocycles. The minimum absolute atomic E-state index is 0.632. The summed E-state index contributed by atoms with van der Waals surface area (Å²) in [7, 11) is 0. The van der Waals surface area contributed by atoms with E-state index in [1.165, 1.54) is 0 Å². The van der Waals surface area contributed by atoms with Gasteiger partial charge in [0.05, 0.1) is 17.7 Å². The summed E-state index contributed by atoms with van der Waals surface area (Å²) in [5, 5.41) is 3.64. The molecule has 0 amide bonds. The summed E-state index contributed by atoms with van der Waals surface area (Å²) in [6.07, 6.45) is 6.27. The van der Waals surface area contributed by atoms with Crippen LogP contribution in [0.3, 0.4) is 0 Å². The molecule has 0 aliphatic carbocycles. The van der Waals surface area contributed by atoms with E-state index in [0.717, 1.165) is 39.2 Å². The van der Waals surface area contributed by atoms with Gasteiger partial charge in [-0.15, -0.1) is 0 Å². The molecule has 5 heteroatoms. The Balaban J connectivity index is 2.33. The van der Waals surface area contributed by atoms with Crippen molar-refractivity contribution < 1.29 is 4.79 Å². The van der Waals surface area contributed by atoms with E-state index < -0.39 is 0 Å². The van der Waals surface area contributed by atoms with Crippen LogP contribution < -0.4 is 11.3 Å².